The number of carbonyl (C=O) groups is 2. The first-order valence-electron chi connectivity index (χ1n) is 14.9. The zero-order chi connectivity index (χ0) is 35.2. The van der Waals surface area contributed by atoms with Crippen molar-refractivity contribution in [3.63, 3.8) is 0 Å². The Morgan fingerprint density at radius 2 is 1.62 bits per heavy atom. The van der Waals surface area contributed by atoms with Crippen LogP contribution < -0.4 is 20.1 Å². The van der Waals surface area contributed by atoms with Crippen molar-refractivity contribution in [3.8, 4) is 22.6 Å². The van der Waals surface area contributed by atoms with E-state index < -0.39 is 59.4 Å². The quantitative estimate of drug-likeness (QED) is 0.123. The van der Waals surface area contributed by atoms with E-state index in [9.17, 15) is 36.6 Å². The van der Waals surface area contributed by atoms with Crippen LogP contribution in [0, 0.1) is 11.6 Å². The minimum atomic E-state index is -4.68. The van der Waals surface area contributed by atoms with Crippen molar-refractivity contribution in [2.24, 2.45) is 0 Å². The number of alkyl halides is 3. The van der Waals surface area contributed by atoms with Gasteiger partial charge in [0.15, 0.2) is 0 Å². The highest BCUT2D eigenvalue weighted by molar-refractivity contribution is 6.00. The van der Waals surface area contributed by atoms with Crippen LogP contribution in [-0.2, 0) is 22.6 Å². The zero-order valence-corrected chi connectivity index (χ0v) is 26.5. The Labute approximate surface area is 273 Å². The summed E-state index contributed by atoms with van der Waals surface area (Å²) >= 11 is 0. The topological polar surface area (TPSA) is 119 Å². The van der Waals surface area contributed by atoms with E-state index in [-0.39, 0.29) is 6.42 Å². The Kier molecular flexibility index (Phi) is 11.4. The first-order valence-corrected chi connectivity index (χ1v) is 14.9. The van der Waals surface area contributed by atoms with Gasteiger partial charge in [0.25, 0.3) is 5.91 Å². The lowest BCUT2D eigenvalue weighted by atomic mass is 9.93. The molecule has 0 saturated carbocycles. The van der Waals surface area contributed by atoms with Gasteiger partial charge >= 0.3 is 12.1 Å². The predicted molar refractivity (Wildman–Crippen MR) is 168 cm³/mol. The number of halogens is 5. The molecule has 0 aliphatic rings. The highest BCUT2D eigenvalue weighted by Gasteiger charge is 2.38. The molecule has 1 amide bonds. The number of methoxy groups -OCH3 is 2. The summed E-state index contributed by atoms with van der Waals surface area (Å²) in [5.41, 5.74) is 1.24. The Morgan fingerprint density at radius 3 is 2.17 bits per heavy atom. The third-order valence-corrected chi connectivity index (χ3v) is 7.61. The number of pyridine rings is 1. The molecule has 1 aromatic heterocycles. The number of aliphatic carboxylic acids is 1. The lowest BCUT2D eigenvalue weighted by Gasteiger charge is -2.22. The summed E-state index contributed by atoms with van der Waals surface area (Å²) in [5, 5.41) is 14.6. The number of nitrogens with one attached hydrogen (secondary N) is 2. The zero-order valence-electron chi connectivity index (χ0n) is 26.5. The number of aromatic nitrogens is 1. The van der Waals surface area contributed by atoms with E-state index in [1.807, 2.05) is 24.4 Å². The number of ether oxygens (including phenoxy) is 3. The molecule has 256 valence electrons. The van der Waals surface area contributed by atoms with E-state index in [0.717, 1.165) is 5.56 Å². The summed E-state index contributed by atoms with van der Waals surface area (Å²) in [5.74, 6) is -4.86. The monoisotopic (exact) mass is 675 g/mol. The lowest BCUT2D eigenvalue weighted by Crippen LogP contribution is -2.43. The van der Waals surface area contributed by atoms with Gasteiger partial charge in [0.1, 0.15) is 40.8 Å². The molecule has 14 heteroatoms. The molecule has 0 fully saturated rings. The molecule has 0 saturated heterocycles. The van der Waals surface area contributed by atoms with Crippen molar-refractivity contribution in [2.45, 2.75) is 51.6 Å². The summed E-state index contributed by atoms with van der Waals surface area (Å²) in [4.78, 5) is 29.8. The molecular formula is C34H34F5N3O6. The lowest BCUT2D eigenvalue weighted by molar-refractivity contribution is -0.143. The van der Waals surface area contributed by atoms with Crippen molar-refractivity contribution >= 4 is 28.5 Å². The van der Waals surface area contributed by atoms with Gasteiger partial charge in [-0.05, 0) is 54.8 Å². The maximum absolute atomic E-state index is 14.9. The fraction of sp³-hybridized carbons (Fsp3) is 0.324. The molecule has 0 bridgehead atoms. The molecule has 4 rings (SSSR count). The minimum Gasteiger partial charge on any atom is -0.496 e. The third kappa shape index (κ3) is 7.93. The molecule has 0 unspecified atom stereocenters. The van der Waals surface area contributed by atoms with Gasteiger partial charge in [-0.1, -0.05) is 25.1 Å². The summed E-state index contributed by atoms with van der Waals surface area (Å²) in [7, 11) is 3.01. The molecule has 0 aliphatic heterocycles. The number of amides is 1. The number of nitrogens with zero attached hydrogens (tertiary/aromatic N) is 1. The van der Waals surface area contributed by atoms with Crippen molar-refractivity contribution < 1.29 is 50.9 Å². The highest BCUT2D eigenvalue weighted by Crippen LogP contribution is 2.43. The molecule has 0 spiro atoms. The number of carbonyl (C=O) groups excluding carboxylic acids is 1. The number of fused-ring (bicyclic) bond motifs is 1. The number of anilines is 1. The van der Waals surface area contributed by atoms with Crippen LogP contribution in [0.25, 0.3) is 22.0 Å². The maximum atomic E-state index is 14.9. The molecule has 2 atom stereocenters. The van der Waals surface area contributed by atoms with E-state index in [2.05, 4.69) is 10.3 Å². The van der Waals surface area contributed by atoms with Gasteiger partial charge in [-0.2, -0.15) is 13.2 Å². The van der Waals surface area contributed by atoms with Gasteiger partial charge in [0, 0.05) is 35.9 Å². The van der Waals surface area contributed by atoms with E-state index in [4.69, 9.17) is 14.2 Å². The van der Waals surface area contributed by atoms with Crippen LogP contribution in [0.2, 0.25) is 0 Å². The molecule has 3 aromatic carbocycles. The molecule has 48 heavy (non-hydrogen) atoms. The van der Waals surface area contributed by atoms with Crippen molar-refractivity contribution in [2.75, 3.05) is 26.1 Å². The van der Waals surface area contributed by atoms with Gasteiger partial charge < -0.3 is 30.0 Å². The van der Waals surface area contributed by atoms with Crippen LogP contribution in [0.15, 0.2) is 54.7 Å². The second kappa shape index (κ2) is 15.3. The second-order valence-electron chi connectivity index (χ2n) is 10.7. The standard InChI is InChI=1S/C34H34F5N3O6/c1-5-28(34(37,38)39)41-20-15-23(35)30(24(36)16-20)32(43)42-25(33(44)45)14-19-9-10-22(31-21(19)8-7-11-40-31)29-26(46-3)12-18(17-48-6-2)13-27(29)47-4/h7-13,15-16,25,28,41H,5-6,14,17H2,1-4H3,(H,42,43)(H,44,45)/t25-,28+/m0/s1. The molecule has 3 N–H and O–H groups in total. The Hall–Kier alpha value is -4.98. The third-order valence-electron chi connectivity index (χ3n) is 7.61. The van der Waals surface area contributed by atoms with Gasteiger partial charge in [-0.3, -0.25) is 9.78 Å². The number of carboxylic acids is 1. The SMILES string of the molecule is CCOCc1cc(OC)c(-c2ccc(C[C@H](NC(=O)c3c(F)cc(N[C@H](CC)C(F)(F)F)cc3F)C(=O)O)c3cccnc23)c(OC)c1. The molecule has 9 nitrogen and oxygen atoms in total. The summed E-state index contributed by atoms with van der Waals surface area (Å²) in [6.45, 7) is 3.96. The van der Waals surface area contributed by atoms with Gasteiger partial charge in [0.05, 0.1) is 31.9 Å². The number of hydrogen-bond acceptors (Lipinski definition) is 7. The number of carboxylic acid groups (broad SMARTS) is 1. The van der Waals surface area contributed by atoms with Crippen LogP contribution in [0.4, 0.5) is 27.6 Å². The minimum absolute atomic E-state index is 0.308. The first kappa shape index (κ1) is 35.9. The number of benzene rings is 3. The average Bonchev–Trinajstić information content (AvgIpc) is 3.04. The fourth-order valence-electron chi connectivity index (χ4n) is 5.29. The van der Waals surface area contributed by atoms with Crippen molar-refractivity contribution in [3.05, 3.63) is 83.1 Å². The Balaban J connectivity index is 1.66. The molecule has 1 heterocycles. The Morgan fingerprint density at radius 1 is 0.979 bits per heavy atom. The summed E-state index contributed by atoms with van der Waals surface area (Å²) in [6, 6.07) is 7.68. The van der Waals surface area contributed by atoms with Gasteiger partial charge in [-0.15, -0.1) is 0 Å². The molecule has 4 aromatic rings. The van der Waals surface area contributed by atoms with Crippen LogP contribution in [0.1, 0.15) is 41.8 Å². The van der Waals surface area contributed by atoms with Crippen LogP contribution in [0.3, 0.4) is 0 Å². The van der Waals surface area contributed by atoms with E-state index in [0.29, 0.717) is 64.4 Å². The Bertz CT molecular complexity index is 1750. The predicted octanol–water partition coefficient (Wildman–Crippen LogP) is 6.91. The fourth-order valence-corrected chi connectivity index (χ4v) is 5.29. The van der Waals surface area contributed by atoms with Crippen molar-refractivity contribution in [1.29, 1.82) is 0 Å². The van der Waals surface area contributed by atoms with Crippen LogP contribution >= 0.6 is 0 Å². The van der Waals surface area contributed by atoms with Crippen LogP contribution in [0.5, 0.6) is 11.5 Å². The van der Waals surface area contributed by atoms with Gasteiger partial charge in [-0.25, -0.2) is 13.6 Å². The summed E-state index contributed by atoms with van der Waals surface area (Å²) < 4.78 is 86.2. The largest absolute Gasteiger partial charge is 0.496 e. The van der Waals surface area contributed by atoms with E-state index >= 15 is 0 Å². The molecule has 0 radical (unpaired) electrons. The van der Waals surface area contributed by atoms with Crippen LogP contribution in [-0.4, -0.2) is 61.1 Å². The average molecular weight is 676 g/mol. The smallest absolute Gasteiger partial charge is 0.408 e. The highest BCUT2D eigenvalue weighted by atomic mass is 19.4. The normalized spacial score (nSPS) is 12.8. The second-order valence-corrected chi connectivity index (χ2v) is 10.7. The summed E-state index contributed by atoms with van der Waals surface area (Å²) in [6.07, 6.45) is -3.85. The molecular weight excluding hydrogens is 641 g/mol. The van der Waals surface area contributed by atoms with Gasteiger partial charge in [0.2, 0.25) is 0 Å². The van der Waals surface area contributed by atoms with E-state index in [1.165, 1.54) is 21.1 Å². The number of rotatable bonds is 14. The maximum Gasteiger partial charge on any atom is 0.408 e. The van der Waals surface area contributed by atoms with Crippen molar-refractivity contribution in [1.82, 2.24) is 10.3 Å². The van der Waals surface area contributed by atoms with E-state index in [1.54, 1.807) is 30.5 Å². The number of hydrogen-bond donors (Lipinski definition) is 3. The molecule has 0 aliphatic carbocycles. The first-order chi connectivity index (χ1) is 22.8.